The summed E-state index contributed by atoms with van der Waals surface area (Å²) in [6.07, 6.45) is 6.45. The number of para-hydroxylation sites is 1. The van der Waals surface area contributed by atoms with Crippen molar-refractivity contribution in [3.8, 4) is 0 Å². The van der Waals surface area contributed by atoms with Crippen LogP contribution >= 0.6 is 0 Å². The molecule has 110 valence electrons. The topological polar surface area (TPSA) is 41.1 Å². The predicted molar refractivity (Wildman–Crippen MR) is 83.9 cm³/mol. The molecule has 1 aromatic rings. The van der Waals surface area contributed by atoms with E-state index in [1.807, 2.05) is 18.2 Å². The molecule has 0 aliphatic carbocycles. The minimum Gasteiger partial charge on any atom is -0.373 e. The fourth-order valence-corrected chi connectivity index (χ4v) is 2.85. The van der Waals surface area contributed by atoms with Gasteiger partial charge in [-0.1, -0.05) is 51.3 Å². The molecule has 1 aromatic carbocycles. The largest absolute Gasteiger partial charge is 0.373 e. The van der Waals surface area contributed by atoms with Gasteiger partial charge in [0, 0.05) is 18.2 Å². The minimum atomic E-state index is -0.103. The maximum absolute atomic E-state index is 12.4. The maximum Gasteiger partial charge on any atom is 0.243 e. The molecule has 1 aliphatic heterocycles. The first-order chi connectivity index (χ1) is 9.74. The molecule has 3 nitrogen and oxygen atoms in total. The lowest BCUT2D eigenvalue weighted by Crippen LogP contribution is -2.43. The second kappa shape index (κ2) is 7.32. The smallest absolute Gasteiger partial charge is 0.243 e. The van der Waals surface area contributed by atoms with Gasteiger partial charge in [0.25, 0.3) is 0 Å². The Kier molecular flexibility index (Phi) is 5.45. The lowest BCUT2D eigenvalue weighted by Gasteiger charge is -2.20. The maximum atomic E-state index is 12.4. The summed E-state index contributed by atoms with van der Waals surface area (Å²) in [6.45, 7) is 4.37. The average molecular weight is 274 g/mol. The first-order valence-electron chi connectivity index (χ1n) is 7.89. The van der Waals surface area contributed by atoms with E-state index in [4.69, 9.17) is 0 Å². The third-order valence-corrected chi connectivity index (χ3v) is 3.98. The number of rotatable bonds is 7. The zero-order chi connectivity index (χ0) is 14.4. The first-order valence-corrected chi connectivity index (χ1v) is 7.89. The van der Waals surface area contributed by atoms with Crippen LogP contribution in [-0.4, -0.2) is 18.0 Å². The molecular weight excluding hydrogens is 248 g/mol. The summed E-state index contributed by atoms with van der Waals surface area (Å²) in [4.78, 5) is 12.4. The number of carbonyl (C=O) groups is 1. The number of unbranched alkanes of at least 4 members (excludes halogenated alkanes) is 1. The molecule has 0 fully saturated rings. The van der Waals surface area contributed by atoms with E-state index in [1.165, 1.54) is 18.4 Å². The summed E-state index contributed by atoms with van der Waals surface area (Å²) >= 11 is 0. The Balaban J connectivity index is 1.88. The normalized spacial score (nSPS) is 18.2. The summed E-state index contributed by atoms with van der Waals surface area (Å²) in [5.74, 6) is 0.149. The van der Waals surface area contributed by atoms with E-state index in [0.29, 0.717) is 6.04 Å². The van der Waals surface area contributed by atoms with Crippen LogP contribution in [0.25, 0.3) is 0 Å². The number of anilines is 1. The van der Waals surface area contributed by atoms with E-state index >= 15 is 0 Å². The summed E-state index contributed by atoms with van der Waals surface area (Å²) in [5, 5.41) is 6.55. The molecule has 2 rings (SSSR count). The number of hydrogen-bond donors (Lipinski definition) is 2. The van der Waals surface area contributed by atoms with Crippen LogP contribution in [-0.2, 0) is 11.2 Å². The van der Waals surface area contributed by atoms with Crippen molar-refractivity contribution in [1.29, 1.82) is 0 Å². The lowest BCUT2D eigenvalue weighted by molar-refractivity contribution is -0.122. The van der Waals surface area contributed by atoms with E-state index in [2.05, 4.69) is 30.5 Å². The van der Waals surface area contributed by atoms with Gasteiger partial charge in [-0.2, -0.15) is 0 Å². The Bertz CT molecular complexity index is 419. The lowest BCUT2D eigenvalue weighted by atomic mass is 10.0. The standard InChI is InChI=1S/C17H26N2O/c1-3-5-10-14(8-4-2)18-17(20)16-12-13-9-6-7-11-15(13)19-16/h6-7,9,11,14,16,19H,3-5,8,10,12H2,1-2H3,(H,18,20)/t14?,16-/m0/s1. The van der Waals surface area contributed by atoms with Gasteiger partial charge in [0.2, 0.25) is 5.91 Å². The molecule has 0 saturated carbocycles. The van der Waals surface area contributed by atoms with Crippen LogP contribution in [0.2, 0.25) is 0 Å². The molecule has 0 saturated heterocycles. The summed E-state index contributed by atoms with van der Waals surface area (Å²) in [5.41, 5.74) is 2.35. The molecule has 1 heterocycles. The van der Waals surface area contributed by atoms with Crippen molar-refractivity contribution >= 4 is 11.6 Å². The van der Waals surface area contributed by atoms with Crippen molar-refractivity contribution in [2.24, 2.45) is 0 Å². The fourth-order valence-electron chi connectivity index (χ4n) is 2.85. The van der Waals surface area contributed by atoms with Crippen molar-refractivity contribution in [3.63, 3.8) is 0 Å². The van der Waals surface area contributed by atoms with Crippen LogP contribution in [0, 0.1) is 0 Å². The van der Waals surface area contributed by atoms with Crippen LogP contribution in [0.4, 0.5) is 5.69 Å². The average Bonchev–Trinajstić information content (AvgIpc) is 2.89. The van der Waals surface area contributed by atoms with Gasteiger partial charge in [0.1, 0.15) is 6.04 Å². The molecule has 1 amide bonds. The Morgan fingerprint density at radius 1 is 1.30 bits per heavy atom. The Morgan fingerprint density at radius 3 is 2.80 bits per heavy atom. The molecule has 1 aliphatic rings. The Hall–Kier alpha value is -1.51. The highest BCUT2D eigenvalue weighted by Crippen LogP contribution is 2.25. The fraction of sp³-hybridized carbons (Fsp3) is 0.588. The molecule has 0 aromatic heterocycles. The SMILES string of the molecule is CCCCC(CCC)NC(=O)[C@@H]1Cc2ccccc2N1. The highest BCUT2D eigenvalue weighted by atomic mass is 16.2. The van der Waals surface area contributed by atoms with Crippen molar-refractivity contribution in [2.45, 2.75) is 64.5 Å². The molecule has 0 bridgehead atoms. The molecule has 1 unspecified atom stereocenters. The number of nitrogens with one attached hydrogen (secondary N) is 2. The van der Waals surface area contributed by atoms with Crippen molar-refractivity contribution in [3.05, 3.63) is 29.8 Å². The Morgan fingerprint density at radius 2 is 2.10 bits per heavy atom. The molecule has 2 atom stereocenters. The molecule has 0 radical (unpaired) electrons. The summed E-state index contributed by atoms with van der Waals surface area (Å²) < 4.78 is 0. The first kappa shape index (κ1) is 14.9. The highest BCUT2D eigenvalue weighted by Gasteiger charge is 2.27. The third kappa shape index (κ3) is 3.75. The molecule has 3 heteroatoms. The van der Waals surface area contributed by atoms with Crippen LogP contribution in [0.5, 0.6) is 0 Å². The molecule has 20 heavy (non-hydrogen) atoms. The number of benzene rings is 1. The van der Waals surface area contributed by atoms with Gasteiger partial charge in [0.05, 0.1) is 0 Å². The van der Waals surface area contributed by atoms with Gasteiger partial charge in [-0.05, 0) is 24.5 Å². The molecule has 2 N–H and O–H groups in total. The van der Waals surface area contributed by atoms with Crippen LogP contribution < -0.4 is 10.6 Å². The van der Waals surface area contributed by atoms with Crippen LogP contribution in [0.15, 0.2) is 24.3 Å². The summed E-state index contributed by atoms with van der Waals surface area (Å²) in [6, 6.07) is 8.40. The molecule has 0 spiro atoms. The van der Waals surface area contributed by atoms with Gasteiger partial charge in [-0.15, -0.1) is 0 Å². The quantitative estimate of drug-likeness (QED) is 0.799. The second-order valence-electron chi connectivity index (χ2n) is 5.69. The third-order valence-electron chi connectivity index (χ3n) is 3.98. The highest BCUT2D eigenvalue weighted by molar-refractivity contribution is 5.87. The van der Waals surface area contributed by atoms with Crippen molar-refractivity contribution in [2.75, 3.05) is 5.32 Å². The van der Waals surface area contributed by atoms with Crippen LogP contribution in [0.1, 0.15) is 51.5 Å². The van der Waals surface area contributed by atoms with E-state index in [9.17, 15) is 4.79 Å². The van der Waals surface area contributed by atoms with E-state index in [0.717, 1.165) is 31.4 Å². The summed E-state index contributed by atoms with van der Waals surface area (Å²) in [7, 11) is 0. The molecular formula is C17H26N2O. The van der Waals surface area contributed by atoms with Gasteiger partial charge in [0.15, 0.2) is 0 Å². The van der Waals surface area contributed by atoms with Gasteiger partial charge < -0.3 is 10.6 Å². The Labute approximate surface area is 122 Å². The predicted octanol–water partition coefficient (Wildman–Crippen LogP) is 3.50. The van der Waals surface area contributed by atoms with E-state index in [1.54, 1.807) is 0 Å². The zero-order valence-electron chi connectivity index (χ0n) is 12.6. The number of carbonyl (C=O) groups excluding carboxylic acids is 1. The van der Waals surface area contributed by atoms with Crippen molar-refractivity contribution in [1.82, 2.24) is 5.32 Å². The van der Waals surface area contributed by atoms with Crippen LogP contribution in [0.3, 0.4) is 0 Å². The van der Waals surface area contributed by atoms with E-state index < -0.39 is 0 Å². The van der Waals surface area contributed by atoms with Gasteiger partial charge >= 0.3 is 0 Å². The van der Waals surface area contributed by atoms with Crippen molar-refractivity contribution < 1.29 is 4.79 Å². The zero-order valence-corrected chi connectivity index (χ0v) is 12.6. The van der Waals surface area contributed by atoms with Gasteiger partial charge in [-0.3, -0.25) is 4.79 Å². The minimum absolute atomic E-state index is 0.103. The number of hydrogen-bond acceptors (Lipinski definition) is 2. The monoisotopic (exact) mass is 274 g/mol. The second-order valence-corrected chi connectivity index (χ2v) is 5.69. The number of fused-ring (bicyclic) bond motifs is 1. The van der Waals surface area contributed by atoms with Gasteiger partial charge in [-0.25, -0.2) is 0 Å². The number of amides is 1. The van der Waals surface area contributed by atoms with E-state index in [-0.39, 0.29) is 11.9 Å².